The maximum atomic E-state index is 13.5. The topological polar surface area (TPSA) is 87.9 Å². The third-order valence-corrected chi connectivity index (χ3v) is 7.66. The average molecular weight is 529 g/mol. The molecule has 1 amide bonds. The third-order valence-electron chi connectivity index (χ3n) is 7.66. The van der Waals surface area contributed by atoms with Gasteiger partial charge in [0.25, 0.3) is 11.7 Å². The van der Waals surface area contributed by atoms with Gasteiger partial charge in [0.1, 0.15) is 5.76 Å². The zero-order valence-corrected chi connectivity index (χ0v) is 23.1. The number of morpholine rings is 1. The highest BCUT2D eigenvalue weighted by atomic mass is 16.5. The maximum Gasteiger partial charge on any atom is 0.295 e. The van der Waals surface area contributed by atoms with Gasteiger partial charge in [0.15, 0.2) is 0 Å². The number of benzene rings is 2. The van der Waals surface area contributed by atoms with E-state index in [1.54, 1.807) is 15.8 Å². The SMILES string of the molecule is Cc1c(C(O)=C2C(=O)C(=O)N(CCN3CCOCC3)C2c2ccc(C(C)(C)C)cc2)cnn1-c1ccccc1. The minimum absolute atomic E-state index is 0.0419. The van der Waals surface area contributed by atoms with Crippen molar-refractivity contribution in [3.05, 3.63) is 88.8 Å². The Kier molecular flexibility index (Phi) is 7.42. The Hall–Kier alpha value is -3.75. The van der Waals surface area contributed by atoms with Crippen LogP contribution in [0.4, 0.5) is 0 Å². The third kappa shape index (κ3) is 5.27. The average Bonchev–Trinajstić information content (AvgIpc) is 3.44. The molecule has 3 heterocycles. The Labute approximate surface area is 229 Å². The molecular weight excluding hydrogens is 492 g/mol. The van der Waals surface area contributed by atoms with Crippen molar-refractivity contribution < 1.29 is 19.4 Å². The number of aromatic nitrogens is 2. The highest BCUT2D eigenvalue weighted by molar-refractivity contribution is 6.46. The summed E-state index contributed by atoms with van der Waals surface area (Å²) in [5.74, 6) is -1.47. The molecule has 1 atom stereocenters. The number of ketones is 1. The summed E-state index contributed by atoms with van der Waals surface area (Å²) < 4.78 is 7.18. The predicted octanol–water partition coefficient (Wildman–Crippen LogP) is 4.23. The molecule has 0 saturated carbocycles. The van der Waals surface area contributed by atoms with Crippen LogP contribution >= 0.6 is 0 Å². The Morgan fingerprint density at radius 3 is 2.31 bits per heavy atom. The molecule has 204 valence electrons. The summed E-state index contributed by atoms with van der Waals surface area (Å²) in [6.07, 6.45) is 1.55. The van der Waals surface area contributed by atoms with Crippen molar-refractivity contribution in [2.24, 2.45) is 0 Å². The highest BCUT2D eigenvalue weighted by Crippen LogP contribution is 2.40. The molecule has 2 fully saturated rings. The number of hydrogen-bond acceptors (Lipinski definition) is 6. The van der Waals surface area contributed by atoms with Crippen LogP contribution in [0.3, 0.4) is 0 Å². The Morgan fingerprint density at radius 1 is 1.00 bits per heavy atom. The van der Waals surface area contributed by atoms with Crippen LogP contribution in [0.25, 0.3) is 11.4 Å². The molecule has 0 bridgehead atoms. The van der Waals surface area contributed by atoms with Crippen LogP contribution in [0.2, 0.25) is 0 Å². The van der Waals surface area contributed by atoms with Crippen LogP contribution in [-0.2, 0) is 19.7 Å². The zero-order chi connectivity index (χ0) is 27.7. The van der Waals surface area contributed by atoms with Crippen molar-refractivity contribution in [1.82, 2.24) is 19.6 Å². The lowest BCUT2D eigenvalue weighted by molar-refractivity contribution is -0.140. The molecule has 2 aromatic carbocycles. The number of rotatable bonds is 6. The number of hydrogen-bond donors (Lipinski definition) is 1. The highest BCUT2D eigenvalue weighted by Gasteiger charge is 2.46. The van der Waals surface area contributed by atoms with E-state index < -0.39 is 17.7 Å². The molecule has 2 aliphatic rings. The van der Waals surface area contributed by atoms with E-state index in [4.69, 9.17) is 4.74 Å². The lowest BCUT2D eigenvalue weighted by Gasteiger charge is -2.31. The predicted molar refractivity (Wildman–Crippen MR) is 150 cm³/mol. The van der Waals surface area contributed by atoms with Crippen LogP contribution in [-0.4, -0.2) is 75.8 Å². The van der Waals surface area contributed by atoms with Crippen LogP contribution in [0.5, 0.6) is 0 Å². The number of carbonyl (C=O) groups is 2. The van der Waals surface area contributed by atoms with E-state index >= 15 is 0 Å². The molecule has 0 aliphatic carbocycles. The first-order chi connectivity index (χ1) is 18.7. The first-order valence-electron chi connectivity index (χ1n) is 13.5. The van der Waals surface area contributed by atoms with Gasteiger partial charge in [-0.05, 0) is 35.6 Å². The molecule has 0 radical (unpaired) electrons. The van der Waals surface area contributed by atoms with Crippen molar-refractivity contribution in [2.45, 2.75) is 39.2 Å². The Bertz CT molecular complexity index is 1380. The fraction of sp³-hybridized carbons (Fsp3) is 0.387. The second-order valence-electron chi connectivity index (χ2n) is 11.2. The fourth-order valence-electron chi connectivity index (χ4n) is 5.31. The summed E-state index contributed by atoms with van der Waals surface area (Å²) >= 11 is 0. The monoisotopic (exact) mass is 528 g/mol. The molecule has 1 unspecified atom stereocenters. The van der Waals surface area contributed by atoms with Crippen molar-refractivity contribution in [3.8, 4) is 5.69 Å². The van der Waals surface area contributed by atoms with Crippen molar-refractivity contribution >= 4 is 17.4 Å². The number of aliphatic hydroxyl groups is 1. The van der Waals surface area contributed by atoms with Gasteiger partial charge < -0.3 is 14.7 Å². The zero-order valence-electron chi connectivity index (χ0n) is 23.1. The van der Waals surface area contributed by atoms with E-state index in [0.717, 1.165) is 29.9 Å². The lowest BCUT2D eigenvalue weighted by atomic mass is 9.85. The lowest BCUT2D eigenvalue weighted by Crippen LogP contribution is -2.42. The molecule has 2 saturated heterocycles. The number of ether oxygens (including phenoxy) is 1. The second kappa shape index (κ2) is 10.8. The van der Waals surface area contributed by atoms with Gasteiger partial charge in [-0.25, -0.2) is 4.68 Å². The largest absolute Gasteiger partial charge is 0.507 e. The number of para-hydroxylation sites is 1. The van der Waals surface area contributed by atoms with E-state index in [9.17, 15) is 14.7 Å². The van der Waals surface area contributed by atoms with Crippen LogP contribution in [0, 0.1) is 6.92 Å². The van der Waals surface area contributed by atoms with E-state index in [-0.39, 0.29) is 16.7 Å². The van der Waals surface area contributed by atoms with Crippen LogP contribution < -0.4 is 0 Å². The van der Waals surface area contributed by atoms with Gasteiger partial charge in [-0.2, -0.15) is 5.10 Å². The van der Waals surface area contributed by atoms with E-state index in [2.05, 4.69) is 30.8 Å². The van der Waals surface area contributed by atoms with Gasteiger partial charge in [-0.15, -0.1) is 0 Å². The summed E-state index contributed by atoms with van der Waals surface area (Å²) in [6, 6.07) is 16.9. The molecule has 5 rings (SSSR count). The van der Waals surface area contributed by atoms with Gasteiger partial charge in [0.05, 0.1) is 48.0 Å². The number of Topliss-reactive ketones (excluding diaryl/α,β-unsaturated/α-hetero) is 1. The van der Waals surface area contributed by atoms with Crippen molar-refractivity contribution in [3.63, 3.8) is 0 Å². The molecule has 2 aliphatic heterocycles. The Balaban J connectivity index is 1.56. The molecule has 3 aromatic rings. The molecule has 8 nitrogen and oxygen atoms in total. The number of carbonyl (C=O) groups excluding carboxylic acids is 2. The molecule has 39 heavy (non-hydrogen) atoms. The summed E-state index contributed by atoms with van der Waals surface area (Å²) in [4.78, 5) is 30.8. The summed E-state index contributed by atoms with van der Waals surface area (Å²) in [7, 11) is 0. The molecular formula is C31H36N4O4. The van der Waals surface area contributed by atoms with Crippen LogP contribution in [0.15, 0.2) is 66.4 Å². The van der Waals surface area contributed by atoms with Crippen molar-refractivity contribution in [1.29, 1.82) is 0 Å². The smallest absolute Gasteiger partial charge is 0.295 e. The summed E-state index contributed by atoms with van der Waals surface area (Å²) in [5.41, 5.74) is 3.95. The number of nitrogens with zero attached hydrogens (tertiary/aromatic N) is 4. The second-order valence-corrected chi connectivity index (χ2v) is 11.2. The van der Waals surface area contributed by atoms with Gasteiger partial charge >= 0.3 is 0 Å². The number of amides is 1. The van der Waals surface area contributed by atoms with Gasteiger partial charge in [-0.3, -0.25) is 14.5 Å². The van der Waals surface area contributed by atoms with E-state index in [0.29, 0.717) is 37.6 Å². The number of likely N-dealkylation sites (tertiary alicyclic amines) is 1. The molecule has 1 aromatic heterocycles. The first-order valence-corrected chi connectivity index (χ1v) is 13.5. The van der Waals surface area contributed by atoms with Crippen molar-refractivity contribution in [2.75, 3.05) is 39.4 Å². The number of aliphatic hydroxyl groups excluding tert-OH is 1. The summed E-state index contributed by atoms with van der Waals surface area (Å²) in [6.45, 7) is 12.1. The minimum Gasteiger partial charge on any atom is -0.507 e. The van der Waals surface area contributed by atoms with Gasteiger partial charge in [0, 0.05) is 26.2 Å². The Morgan fingerprint density at radius 2 is 1.67 bits per heavy atom. The maximum absolute atomic E-state index is 13.5. The standard InChI is InChI=1S/C31H36N4O4/c1-21-25(20-32-35(21)24-8-6-5-7-9-24)28(36)26-27(22-10-12-23(13-11-22)31(2,3)4)34(30(38)29(26)37)15-14-33-16-18-39-19-17-33/h5-13,20,27,36H,14-19H2,1-4H3. The van der Waals surface area contributed by atoms with Crippen LogP contribution in [0.1, 0.15) is 49.2 Å². The molecule has 8 heteroatoms. The van der Waals surface area contributed by atoms with E-state index in [1.165, 1.54) is 0 Å². The molecule has 0 spiro atoms. The fourth-order valence-corrected chi connectivity index (χ4v) is 5.31. The molecule has 1 N–H and O–H groups in total. The minimum atomic E-state index is -0.695. The van der Waals surface area contributed by atoms with Gasteiger partial charge in [0.2, 0.25) is 0 Å². The van der Waals surface area contributed by atoms with Gasteiger partial charge in [-0.1, -0.05) is 63.2 Å². The summed E-state index contributed by atoms with van der Waals surface area (Å²) in [5, 5.41) is 16.1. The first kappa shape index (κ1) is 26.8. The quantitative estimate of drug-likeness (QED) is 0.293. The van der Waals surface area contributed by atoms with E-state index in [1.807, 2.05) is 61.5 Å². The normalized spacial score (nSPS) is 20.1.